The molecule has 0 bridgehead atoms. The third-order valence-corrected chi connectivity index (χ3v) is 13.0. The van der Waals surface area contributed by atoms with Crippen molar-refractivity contribution in [2.24, 2.45) is 0 Å². The fourth-order valence-corrected chi connectivity index (χ4v) is 10.2. The molecule has 6 nitrogen and oxygen atoms in total. The number of benzene rings is 8. The van der Waals surface area contributed by atoms with Crippen molar-refractivity contribution in [2.75, 3.05) is 0 Å². The summed E-state index contributed by atoms with van der Waals surface area (Å²) in [6, 6.07) is 67.3. The molecule has 12 aromatic rings. The summed E-state index contributed by atoms with van der Waals surface area (Å²) in [5.74, 6) is 0.509. The van der Waals surface area contributed by atoms with Crippen LogP contribution in [0.1, 0.15) is 11.1 Å². The molecule has 0 atom stereocenters. The lowest BCUT2D eigenvalue weighted by Crippen LogP contribution is -2.02. The van der Waals surface area contributed by atoms with Crippen molar-refractivity contribution in [1.29, 1.82) is 10.5 Å². The minimum absolute atomic E-state index is 0.350. The van der Waals surface area contributed by atoms with E-state index in [2.05, 4.69) is 143 Å². The van der Waals surface area contributed by atoms with E-state index in [1.807, 2.05) is 60.7 Å². The molecule has 0 aliphatic heterocycles. The third kappa shape index (κ3) is 5.32. The summed E-state index contributed by atoms with van der Waals surface area (Å²) in [4.78, 5) is 10.2. The highest BCUT2D eigenvalue weighted by Crippen LogP contribution is 2.42. The minimum atomic E-state index is 0.350. The first kappa shape index (κ1) is 34.7. The van der Waals surface area contributed by atoms with Crippen LogP contribution in [-0.4, -0.2) is 19.1 Å². The Kier molecular flexibility index (Phi) is 7.73. The number of fused-ring (bicyclic) bond motifs is 9. The van der Waals surface area contributed by atoms with Gasteiger partial charge in [-0.2, -0.15) is 10.5 Å². The van der Waals surface area contributed by atoms with Crippen molar-refractivity contribution in [3.63, 3.8) is 0 Å². The van der Waals surface area contributed by atoms with Gasteiger partial charge in [0.15, 0.2) is 5.82 Å². The molecule has 0 radical (unpaired) electrons. The molecular weight excluding hydrogens is 765 g/mol. The Balaban J connectivity index is 1.08. The van der Waals surface area contributed by atoms with Crippen molar-refractivity contribution in [3.05, 3.63) is 193 Å². The van der Waals surface area contributed by atoms with Gasteiger partial charge in [-0.1, -0.05) is 121 Å². The van der Waals surface area contributed by atoms with Crippen molar-refractivity contribution < 1.29 is 0 Å². The summed E-state index contributed by atoms with van der Waals surface area (Å²) in [6.45, 7) is 0. The number of hydrogen-bond donors (Lipinski definition) is 0. The van der Waals surface area contributed by atoms with E-state index in [-0.39, 0.29) is 0 Å². The highest BCUT2D eigenvalue weighted by Gasteiger charge is 2.23. The molecule has 12 rings (SSSR count). The Labute approximate surface area is 353 Å². The normalized spacial score (nSPS) is 11.6. The van der Waals surface area contributed by atoms with Crippen LogP contribution in [0.4, 0.5) is 0 Å². The van der Waals surface area contributed by atoms with Crippen molar-refractivity contribution >= 4 is 75.1 Å². The van der Waals surface area contributed by atoms with E-state index in [0.29, 0.717) is 33.9 Å². The Morgan fingerprint density at radius 1 is 0.410 bits per heavy atom. The Hall–Kier alpha value is -8.36. The van der Waals surface area contributed by atoms with Crippen LogP contribution in [0.3, 0.4) is 0 Å². The van der Waals surface area contributed by atoms with Gasteiger partial charge in [0.25, 0.3) is 0 Å². The van der Waals surface area contributed by atoms with Crippen LogP contribution in [-0.2, 0) is 0 Å². The molecule has 8 aromatic carbocycles. The second-order valence-corrected chi connectivity index (χ2v) is 16.3. The summed E-state index contributed by atoms with van der Waals surface area (Å²) >= 11 is 1.74. The maximum atomic E-state index is 11.0. The summed E-state index contributed by atoms with van der Waals surface area (Å²) in [5.41, 5.74) is 10.2. The van der Waals surface area contributed by atoms with Gasteiger partial charge in [-0.3, -0.25) is 0 Å². The van der Waals surface area contributed by atoms with Crippen molar-refractivity contribution in [3.8, 4) is 57.4 Å². The van der Waals surface area contributed by atoms with Crippen LogP contribution < -0.4 is 0 Å². The number of hydrogen-bond acceptors (Lipinski definition) is 5. The molecule has 0 amide bonds. The monoisotopic (exact) mass is 794 g/mol. The maximum Gasteiger partial charge on any atom is 0.160 e. The molecule has 4 heterocycles. The van der Waals surface area contributed by atoms with Gasteiger partial charge in [0.2, 0.25) is 0 Å². The molecule has 282 valence electrons. The van der Waals surface area contributed by atoms with Crippen LogP contribution in [0.15, 0.2) is 182 Å². The number of nitrogens with zero attached hydrogens (tertiary/aromatic N) is 6. The molecule has 61 heavy (non-hydrogen) atoms. The average Bonchev–Trinajstić information content (AvgIpc) is 3.97. The van der Waals surface area contributed by atoms with Crippen LogP contribution in [0.25, 0.3) is 109 Å². The highest BCUT2D eigenvalue weighted by molar-refractivity contribution is 7.25. The van der Waals surface area contributed by atoms with Crippen LogP contribution in [0.5, 0.6) is 0 Å². The first-order valence-corrected chi connectivity index (χ1v) is 20.8. The van der Waals surface area contributed by atoms with Crippen molar-refractivity contribution in [2.45, 2.75) is 0 Å². The Bertz CT molecular complexity index is 3840. The number of aromatic nitrogens is 4. The minimum Gasteiger partial charge on any atom is -0.309 e. The predicted molar refractivity (Wildman–Crippen MR) is 249 cm³/mol. The standard InChI is InChI=1S/C54H30N6S/c55-31-36-27-34(53-44(32-56)52(33-13-3-1-4-14-33)57-54(58-53)35-23-25-41-40-19-9-12-22-50(40)61-51(41)28-35)24-26-45(36)60-47-21-11-8-18-39(47)43-29-42-38-17-7-10-20-46(38)59(48(42)30-49(43)60)37-15-5-2-6-16-37/h1-30H. The highest BCUT2D eigenvalue weighted by atomic mass is 32.1. The van der Waals surface area contributed by atoms with Gasteiger partial charge in [0, 0.05) is 64.1 Å². The fraction of sp³-hybridized carbons (Fsp3) is 0. The first-order valence-electron chi connectivity index (χ1n) is 20.0. The summed E-state index contributed by atoms with van der Waals surface area (Å²) < 4.78 is 6.88. The molecule has 0 saturated heterocycles. The number of rotatable bonds is 5. The SMILES string of the molecule is N#Cc1cc(-c2nc(-c3ccc4c(c3)sc3ccccc34)nc(-c3ccccc3)c2C#N)ccc1-n1c2ccccc2c2cc3c4ccccc4n(-c4ccccc4)c3cc21. The topological polar surface area (TPSA) is 83.2 Å². The van der Waals surface area contributed by atoms with E-state index in [4.69, 9.17) is 9.97 Å². The first-order chi connectivity index (χ1) is 30.2. The second kappa shape index (κ2) is 13.6. The zero-order valence-electron chi connectivity index (χ0n) is 32.4. The molecule has 0 spiro atoms. The smallest absolute Gasteiger partial charge is 0.160 e. The molecule has 0 unspecified atom stereocenters. The average molecular weight is 795 g/mol. The summed E-state index contributed by atoms with van der Waals surface area (Å²) in [7, 11) is 0. The fourth-order valence-electron chi connectivity index (χ4n) is 9.09. The number of thiophene rings is 1. The van der Waals surface area contributed by atoms with Gasteiger partial charge in [-0.25, -0.2) is 9.97 Å². The molecule has 0 N–H and O–H groups in total. The number of para-hydroxylation sites is 3. The molecule has 0 fully saturated rings. The van der Waals surface area contributed by atoms with E-state index in [1.165, 1.54) is 20.9 Å². The van der Waals surface area contributed by atoms with E-state index in [0.717, 1.165) is 65.4 Å². The molecule has 0 aliphatic carbocycles. The third-order valence-electron chi connectivity index (χ3n) is 11.8. The lowest BCUT2D eigenvalue weighted by Gasteiger charge is -2.15. The quantitative estimate of drug-likeness (QED) is 0.174. The van der Waals surface area contributed by atoms with Gasteiger partial charge in [-0.05, 0) is 60.7 Å². The lowest BCUT2D eigenvalue weighted by atomic mass is 9.98. The molecule has 7 heteroatoms. The van der Waals surface area contributed by atoms with E-state index in [9.17, 15) is 10.5 Å². The van der Waals surface area contributed by atoms with Gasteiger partial charge < -0.3 is 9.13 Å². The van der Waals surface area contributed by atoms with Crippen LogP contribution >= 0.6 is 11.3 Å². The van der Waals surface area contributed by atoms with Gasteiger partial charge in [0.05, 0.1) is 44.7 Å². The van der Waals surface area contributed by atoms with Gasteiger partial charge >= 0.3 is 0 Å². The summed E-state index contributed by atoms with van der Waals surface area (Å²) in [5, 5.41) is 28.7. The zero-order chi connectivity index (χ0) is 40.6. The zero-order valence-corrected chi connectivity index (χ0v) is 33.2. The second-order valence-electron chi connectivity index (χ2n) is 15.2. The van der Waals surface area contributed by atoms with E-state index < -0.39 is 0 Å². The predicted octanol–water partition coefficient (Wildman–Crippen LogP) is 13.8. The van der Waals surface area contributed by atoms with E-state index >= 15 is 0 Å². The largest absolute Gasteiger partial charge is 0.309 e. The Morgan fingerprint density at radius 3 is 1.72 bits per heavy atom. The van der Waals surface area contributed by atoms with Crippen LogP contribution in [0, 0.1) is 22.7 Å². The van der Waals surface area contributed by atoms with Crippen molar-refractivity contribution in [1.82, 2.24) is 19.1 Å². The number of nitriles is 2. The lowest BCUT2D eigenvalue weighted by molar-refractivity contribution is 1.15. The summed E-state index contributed by atoms with van der Waals surface area (Å²) in [6.07, 6.45) is 0. The van der Waals surface area contributed by atoms with E-state index in [1.54, 1.807) is 11.3 Å². The van der Waals surface area contributed by atoms with Crippen LogP contribution in [0.2, 0.25) is 0 Å². The molecule has 0 aliphatic rings. The molecule has 4 aromatic heterocycles. The Morgan fingerprint density at radius 2 is 1.00 bits per heavy atom. The molecule has 0 saturated carbocycles. The van der Waals surface area contributed by atoms with Gasteiger partial charge in [-0.15, -0.1) is 11.3 Å². The van der Waals surface area contributed by atoms with Gasteiger partial charge in [0.1, 0.15) is 17.7 Å². The molecular formula is C54H30N6S. The maximum absolute atomic E-state index is 11.0.